The van der Waals surface area contributed by atoms with Crippen LogP contribution < -0.4 is 10.5 Å². The number of fused-ring (bicyclic) bond motifs is 3. The lowest BCUT2D eigenvalue weighted by molar-refractivity contribution is 0.0730. The van der Waals surface area contributed by atoms with Crippen molar-refractivity contribution in [2.24, 2.45) is 0 Å². The quantitative estimate of drug-likeness (QED) is 0.122. The molecule has 0 fully saturated rings. The first-order valence-electron chi connectivity index (χ1n) is 13.8. The van der Waals surface area contributed by atoms with E-state index in [1.165, 1.54) is 22.3 Å². The van der Waals surface area contributed by atoms with Crippen LogP contribution >= 0.6 is 0 Å². The second kappa shape index (κ2) is 12.0. The van der Waals surface area contributed by atoms with Gasteiger partial charge in [0.05, 0.1) is 25.3 Å². The predicted octanol–water partition coefficient (Wildman–Crippen LogP) is 7.18. The average molecular weight is 546 g/mol. The molecule has 0 amide bonds. The van der Waals surface area contributed by atoms with E-state index in [9.17, 15) is 0 Å². The number of nitrogen functional groups attached to an aromatic ring is 1. The smallest absolute Gasteiger partial charge is 0.192 e. The number of nitrogens with two attached hydrogens (primary N) is 1. The van der Waals surface area contributed by atoms with E-state index in [0.29, 0.717) is 32.2 Å². The number of aryl methyl sites for hydroxylation is 4. The Bertz CT molecular complexity index is 1450. The van der Waals surface area contributed by atoms with E-state index >= 15 is 0 Å². The van der Waals surface area contributed by atoms with Crippen molar-refractivity contribution >= 4 is 35.9 Å². The van der Waals surface area contributed by atoms with Crippen LogP contribution in [-0.2, 0) is 22.0 Å². The van der Waals surface area contributed by atoms with Gasteiger partial charge in [-0.1, -0.05) is 39.0 Å². The van der Waals surface area contributed by atoms with E-state index in [0.717, 1.165) is 40.4 Å². The van der Waals surface area contributed by atoms with Gasteiger partial charge in [0, 0.05) is 17.0 Å². The van der Waals surface area contributed by atoms with Crippen molar-refractivity contribution < 1.29 is 13.9 Å². The lowest BCUT2D eigenvalue weighted by atomic mass is 9.99. The number of hydrogen-bond acceptors (Lipinski definition) is 6. The zero-order chi connectivity index (χ0) is 28.2. The summed E-state index contributed by atoms with van der Waals surface area (Å²) < 4.78 is 17.8. The van der Waals surface area contributed by atoms with Crippen LogP contribution in [0.15, 0.2) is 48.7 Å². The van der Waals surface area contributed by atoms with Gasteiger partial charge in [0.2, 0.25) is 0 Å². The summed E-state index contributed by atoms with van der Waals surface area (Å²) in [7, 11) is -1.72. The Labute approximate surface area is 234 Å². The molecule has 4 aromatic rings. The Balaban J connectivity index is 1.28. The monoisotopic (exact) mass is 545 g/mol. The number of nitrogens with zero attached hydrogens (tertiary/aromatic N) is 2. The Morgan fingerprint density at radius 2 is 1.64 bits per heavy atom. The summed E-state index contributed by atoms with van der Waals surface area (Å²) in [6.45, 7) is 17.8. The van der Waals surface area contributed by atoms with Crippen LogP contribution in [0, 0.1) is 13.8 Å². The van der Waals surface area contributed by atoms with Gasteiger partial charge in [-0.05, 0) is 91.3 Å². The van der Waals surface area contributed by atoms with Gasteiger partial charge in [0.15, 0.2) is 14.1 Å². The van der Waals surface area contributed by atoms with Crippen LogP contribution in [0.4, 0.5) is 5.82 Å². The van der Waals surface area contributed by atoms with Gasteiger partial charge >= 0.3 is 0 Å². The third-order valence-corrected chi connectivity index (χ3v) is 12.4. The molecule has 0 spiro atoms. The van der Waals surface area contributed by atoms with Crippen molar-refractivity contribution in [1.82, 2.24) is 9.97 Å². The first-order valence-corrected chi connectivity index (χ1v) is 16.7. The molecule has 2 aromatic heterocycles. The molecule has 0 saturated carbocycles. The maximum atomic E-state index is 6.22. The Morgan fingerprint density at radius 3 is 2.38 bits per heavy atom. The largest absolute Gasteiger partial charge is 0.491 e. The summed E-state index contributed by atoms with van der Waals surface area (Å²) in [5, 5.41) is 2.36. The Morgan fingerprint density at radius 1 is 0.872 bits per heavy atom. The number of pyridine rings is 2. The first-order chi connectivity index (χ1) is 18.4. The maximum Gasteiger partial charge on any atom is 0.192 e. The van der Waals surface area contributed by atoms with Crippen LogP contribution in [0.1, 0.15) is 43.0 Å². The molecule has 39 heavy (non-hydrogen) atoms. The lowest BCUT2D eigenvalue weighted by Gasteiger charge is -2.36. The standard InChI is InChI=1S/C32H43N3O3Si/c1-22-8-13-27-28-20-24(21-34-30(28)31(33)35-29(27)18-22)9-10-25-11-12-26(19-23(25)2)37-16-14-36-15-17-38-39(6,7)32(3,4)5/h8,11-13,18-21H,9-10,14-17H2,1-7H3,(H2,33,35). The molecular formula is C32H43N3O3Si. The summed E-state index contributed by atoms with van der Waals surface area (Å²) in [6, 6.07) is 14.8. The number of rotatable bonds is 11. The van der Waals surface area contributed by atoms with Crippen LogP contribution in [0.2, 0.25) is 18.1 Å². The zero-order valence-electron chi connectivity index (χ0n) is 24.6. The molecule has 2 aromatic carbocycles. The van der Waals surface area contributed by atoms with Crippen LogP contribution in [0.25, 0.3) is 21.8 Å². The van der Waals surface area contributed by atoms with Gasteiger partial charge in [-0.3, -0.25) is 4.98 Å². The molecule has 0 unspecified atom stereocenters. The van der Waals surface area contributed by atoms with E-state index < -0.39 is 8.32 Å². The summed E-state index contributed by atoms with van der Waals surface area (Å²) in [5.74, 6) is 1.35. The molecule has 0 aliphatic carbocycles. The van der Waals surface area contributed by atoms with Crippen LogP contribution in [0.5, 0.6) is 5.75 Å². The minimum atomic E-state index is -1.72. The van der Waals surface area contributed by atoms with Crippen molar-refractivity contribution in [3.05, 3.63) is 70.9 Å². The fraction of sp³-hybridized carbons (Fsp3) is 0.438. The van der Waals surface area contributed by atoms with E-state index in [2.05, 4.69) is 94.1 Å². The predicted molar refractivity (Wildman–Crippen MR) is 164 cm³/mol. The first kappa shape index (κ1) is 29.0. The molecule has 0 atom stereocenters. The van der Waals surface area contributed by atoms with Gasteiger partial charge in [-0.15, -0.1) is 0 Å². The fourth-order valence-electron chi connectivity index (χ4n) is 4.41. The highest BCUT2D eigenvalue weighted by molar-refractivity contribution is 6.74. The van der Waals surface area contributed by atoms with E-state index in [1.807, 2.05) is 12.3 Å². The molecule has 2 heterocycles. The molecular weight excluding hydrogens is 502 g/mol. The summed E-state index contributed by atoms with van der Waals surface area (Å²) in [5.41, 5.74) is 12.8. The van der Waals surface area contributed by atoms with Crippen molar-refractivity contribution in [3.63, 3.8) is 0 Å². The van der Waals surface area contributed by atoms with Crippen LogP contribution in [-0.4, -0.2) is 44.7 Å². The third kappa shape index (κ3) is 7.15. The maximum absolute atomic E-state index is 6.22. The Hall–Kier alpha value is -3.00. The van der Waals surface area contributed by atoms with Gasteiger partial charge in [0.25, 0.3) is 0 Å². The minimum absolute atomic E-state index is 0.215. The molecule has 0 bridgehead atoms. The molecule has 2 N–H and O–H groups in total. The number of hydrogen-bond donors (Lipinski definition) is 1. The number of aromatic nitrogens is 2. The SMILES string of the molecule is Cc1ccc2c(c1)nc(N)c1ncc(CCc3ccc(OCCOCCO[Si](C)(C)C(C)(C)C)cc3C)cc12. The molecule has 208 valence electrons. The van der Waals surface area contributed by atoms with Crippen molar-refractivity contribution in [1.29, 1.82) is 0 Å². The zero-order valence-corrected chi connectivity index (χ0v) is 25.6. The van der Waals surface area contributed by atoms with Gasteiger partial charge in [0.1, 0.15) is 17.9 Å². The molecule has 0 aliphatic rings. The van der Waals surface area contributed by atoms with E-state index in [-0.39, 0.29) is 5.04 Å². The summed E-state index contributed by atoms with van der Waals surface area (Å²) in [4.78, 5) is 9.22. The highest BCUT2D eigenvalue weighted by Gasteiger charge is 2.36. The van der Waals surface area contributed by atoms with E-state index in [1.54, 1.807) is 0 Å². The second-order valence-electron chi connectivity index (χ2n) is 11.9. The molecule has 0 radical (unpaired) electrons. The molecule has 0 saturated heterocycles. The molecule has 6 nitrogen and oxygen atoms in total. The van der Waals surface area contributed by atoms with Gasteiger partial charge < -0.3 is 19.6 Å². The molecule has 0 aliphatic heterocycles. The fourth-order valence-corrected chi connectivity index (χ4v) is 5.44. The molecule has 7 heteroatoms. The lowest BCUT2D eigenvalue weighted by Crippen LogP contribution is -2.41. The third-order valence-electron chi connectivity index (χ3n) is 7.86. The van der Waals surface area contributed by atoms with E-state index in [4.69, 9.17) is 19.6 Å². The van der Waals surface area contributed by atoms with Crippen LogP contribution in [0.3, 0.4) is 0 Å². The van der Waals surface area contributed by atoms with Crippen molar-refractivity contribution in [2.75, 3.05) is 32.2 Å². The highest BCUT2D eigenvalue weighted by Crippen LogP contribution is 2.36. The minimum Gasteiger partial charge on any atom is -0.491 e. The normalized spacial score (nSPS) is 12.4. The summed E-state index contributed by atoms with van der Waals surface area (Å²) >= 11 is 0. The molecule has 4 rings (SSSR count). The van der Waals surface area contributed by atoms with Crippen molar-refractivity contribution in [3.8, 4) is 5.75 Å². The number of benzene rings is 2. The number of ether oxygens (including phenoxy) is 2. The highest BCUT2D eigenvalue weighted by atomic mass is 28.4. The Kier molecular flexibility index (Phi) is 8.94. The van der Waals surface area contributed by atoms with Gasteiger partial charge in [-0.25, -0.2) is 4.98 Å². The topological polar surface area (TPSA) is 79.5 Å². The van der Waals surface area contributed by atoms with Crippen molar-refractivity contribution in [2.45, 2.75) is 65.6 Å². The second-order valence-corrected chi connectivity index (χ2v) is 16.7. The van der Waals surface area contributed by atoms with Gasteiger partial charge in [-0.2, -0.15) is 0 Å². The summed E-state index contributed by atoms with van der Waals surface area (Å²) in [6.07, 6.45) is 3.74. The number of anilines is 1. The average Bonchev–Trinajstić information content (AvgIpc) is 2.86.